The third-order valence-electron chi connectivity index (χ3n) is 2.10. The third-order valence-corrected chi connectivity index (χ3v) is 2.43. The Kier molecular flexibility index (Phi) is 3.36. The lowest BCUT2D eigenvalue weighted by atomic mass is 10.0. The molecule has 0 bridgehead atoms. The third kappa shape index (κ3) is 2.17. The number of carbonyl (C=O) groups is 1. The molecular weight excluding hydrogens is 202 g/mol. The molecule has 0 heterocycles. The van der Waals surface area contributed by atoms with Crippen LogP contribution >= 0.6 is 11.6 Å². The molecule has 4 heteroatoms. The molecule has 0 aliphatic heterocycles. The van der Waals surface area contributed by atoms with Crippen LogP contribution in [0.25, 0.3) is 0 Å². The molecule has 1 aromatic carbocycles. The quantitative estimate of drug-likeness (QED) is 0.834. The first-order valence-electron chi connectivity index (χ1n) is 4.19. The Morgan fingerprint density at radius 3 is 2.64 bits per heavy atom. The standard InChI is InChI=1S/C10H12ClNO2/c1-6(10(12)13)8-4-3-7(14-2)5-9(8)11/h3-6H,1-2H3,(H2,12,13). The van der Waals surface area contributed by atoms with Crippen molar-refractivity contribution in [2.45, 2.75) is 12.8 Å². The summed E-state index contributed by atoms with van der Waals surface area (Å²) in [5.74, 6) is -0.110. The highest BCUT2D eigenvalue weighted by molar-refractivity contribution is 6.31. The fourth-order valence-electron chi connectivity index (χ4n) is 1.14. The number of hydrogen-bond acceptors (Lipinski definition) is 2. The molecule has 0 aromatic heterocycles. The number of benzene rings is 1. The fourth-order valence-corrected chi connectivity index (χ4v) is 1.47. The summed E-state index contributed by atoms with van der Waals surface area (Å²) in [7, 11) is 1.56. The van der Waals surface area contributed by atoms with Crippen molar-refractivity contribution in [1.29, 1.82) is 0 Å². The maximum atomic E-state index is 10.9. The Bertz CT molecular complexity index is 352. The van der Waals surface area contributed by atoms with E-state index in [0.29, 0.717) is 10.8 Å². The lowest BCUT2D eigenvalue weighted by Crippen LogP contribution is -2.18. The normalized spacial score (nSPS) is 12.2. The van der Waals surface area contributed by atoms with Crippen LogP contribution in [0.3, 0.4) is 0 Å². The van der Waals surface area contributed by atoms with Crippen molar-refractivity contribution in [3.05, 3.63) is 28.8 Å². The predicted octanol–water partition coefficient (Wildman–Crippen LogP) is 1.94. The second-order valence-electron chi connectivity index (χ2n) is 3.01. The highest BCUT2D eigenvalue weighted by Gasteiger charge is 2.15. The van der Waals surface area contributed by atoms with Gasteiger partial charge in [0.2, 0.25) is 5.91 Å². The number of ether oxygens (including phenoxy) is 1. The summed E-state index contributed by atoms with van der Waals surface area (Å²) in [5.41, 5.74) is 5.90. The molecule has 0 radical (unpaired) electrons. The van der Waals surface area contributed by atoms with E-state index in [1.54, 1.807) is 32.2 Å². The molecule has 14 heavy (non-hydrogen) atoms. The molecule has 0 aliphatic rings. The van der Waals surface area contributed by atoms with Gasteiger partial charge in [0.25, 0.3) is 0 Å². The van der Waals surface area contributed by atoms with Gasteiger partial charge in [-0.1, -0.05) is 17.7 Å². The average molecular weight is 214 g/mol. The molecule has 1 atom stereocenters. The van der Waals surface area contributed by atoms with E-state index in [2.05, 4.69) is 0 Å². The van der Waals surface area contributed by atoms with E-state index in [-0.39, 0.29) is 5.92 Å². The zero-order valence-corrected chi connectivity index (χ0v) is 8.84. The number of primary amides is 1. The van der Waals surface area contributed by atoms with Crippen molar-refractivity contribution < 1.29 is 9.53 Å². The molecule has 3 nitrogen and oxygen atoms in total. The van der Waals surface area contributed by atoms with Gasteiger partial charge in [0, 0.05) is 5.02 Å². The van der Waals surface area contributed by atoms with Crippen molar-refractivity contribution in [2.24, 2.45) is 5.73 Å². The van der Waals surface area contributed by atoms with Crippen LogP contribution in [-0.4, -0.2) is 13.0 Å². The summed E-state index contributed by atoms with van der Waals surface area (Å²) in [6.45, 7) is 1.72. The van der Waals surface area contributed by atoms with E-state index in [9.17, 15) is 4.79 Å². The molecular formula is C10H12ClNO2. The van der Waals surface area contributed by atoms with Crippen LogP contribution in [0.4, 0.5) is 0 Å². The summed E-state index contributed by atoms with van der Waals surface area (Å²) in [6.07, 6.45) is 0. The number of amides is 1. The summed E-state index contributed by atoms with van der Waals surface area (Å²) in [6, 6.07) is 5.16. The summed E-state index contributed by atoms with van der Waals surface area (Å²) in [5, 5.41) is 0.496. The molecule has 1 unspecified atom stereocenters. The maximum absolute atomic E-state index is 10.9. The fraction of sp³-hybridized carbons (Fsp3) is 0.300. The van der Waals surface area contributed by atoms with E-state index in [0.717, 1.165) is 5.56 Å². The number of carbonyl (C=O) groups excluding carboxylic acids is 1. The largest absolute Gasteiger partial charge is 0.497 e. The molecule has 1 amide bonds. The summed E-state index contributed by atoms with van der Waals surface area (Å²) in [4.78, 5) is 10.9. The van der Waals surface area contributed by atoms with Gasteiger partial charge in [-0.15, -0.1) is 0 Å². The number of rotatable bonds is 3. The van der Waals surface area contributed by atoms with Crippen LogP contribution in [0.5, 0.6) is 5.75 Å². The van der Waals surface area contributed by atoms with E-state index in [1.807, 2.05) is 0 Å². The van der Waals surface area contributed by atoms with Crippen LogP contribution in [0, 0.1) is 0 Å². The topological polar surface area (TPSA) is 52.3 Å². The van der Waals surface area contributed by atoms with Crippen molar-refractivity contribution in [2.75, 3.05) is 7.11 Å². The predicted molar refractivity (Wildman–Crippen MR) is 55.6 cm³/mol. The molecule has 0 spiro atoms. The van der Waals surface area contributed by atoms with Gasteiger partial charge in [0.15, 0.2) is 0 Å². The Balaban J connectivity index is 3.05. The van der Waals surface area contributed by atoms with Gasteiger partial charge in [0.1, 0.15) is 5.75 Å². The number of halogens is 1. The van der Waals surface area contributed by atoms with Gasteiger partial charge >= 0.3 is 0 Å². The Morgan fingerprint density at radius 1 is 1.57 bits per heavy atom. The Labute approximate surface area is 87.8 Å². The van der Waals surface area contributed by atoms with E-state index in [4.69, 9.17) is 22.1 Å². The van der Waals surface area contributed by atoms with Gasteiger partial charge in [-0.05, 0) is 24.6 Å². The van der Waals surface area contributed by atoms with Gasteiger partial charge in [-0.2, -0.15) is 0 Å². The van der Waals surface area contributed by atoms with E-state index < -0.39 is 5.91 Å². The van der Waals surface area contributed by atoms with Gasteiger partial charge < -0.3 is 10.5 Å². The molecule has 0 saturated carbocycles. The molecule has 2 N–H and O–H groups in total. The zero-order valence-electron chi connectivity index (χ0n) is 8.08. The van der Waals surface area contributed by atoms with Gasteiger partial charge in [-0.3, -0.25) is 4.79 Å². The molecule has 76 valence electrons. The summed E-state index contributed by atoms with van der Waals surface area (Å²) >= 11 is 5.96. The minimum atomic E-state index is -0.392. The number of hydrogen-bond donors (Lipinski definition) is 1. The minimum absolute atomic E-state index is 0.381. The lowest BCUT2D eigenvalue weighted by Gasteiger charge is -2.10. The molecule has 0 aliphatic carbocycles. The van der Waals surface area contributed by atoms with Crippen molar-refractivity contribution in [3.8, 4) is 5.75 Å². The SMILES string of the molecule is COc1ccc(C(C)C(N)=O)c(Cl)c1. The number of methoxy groups -OCH3 is 1. The smallest absolute Gasteiger partial charge is 0.224 e. The molecule has 1 rings (SSSR count). The van der Waals surface area contributed by atoms with Crippen LogP contribution < -0.4 is 10.5 Å². The molecule has 1 aromatic rings. The monoisotopic (exact) mass is 213 g/mol. The zero-order chi connectivity index (χ0) is 10.7. The van der Waals surface area contributed by atoms with Crippen LogP contribution in [0.15, 0.2) is 18.2 Å². The Morgan fingerprint density at radius 2 is 2.21 bits per heavy atom. The number of nitrogens with two attached hydrogens (primary N) is 1. The molecule has 0 saturated heterocycles. The maximum Gasteiger partial charge on any atom is 0.224 e. The van der Waals surface area contributed by atoms with E-state index in [1.165, 1.54) is 0 Å². The Hall–Kier alpha value is -1.22. The first-order valence-corrected chi connectivity index (χ1v) is 4.56. The van der Waals surface area contributed by atoms with Crippen LogP contribution in [0.2, 0.25) is 5.02 Å². The first kappa shape index (κ1) is 10.9. The van der Waals surface area contributed by atoms with E-state index >= 15 is 0 Å². The minimum Gasteiger partial charge on any atom is -0.497 e. The van der Waals surface area contributed by atoms with Crippen molar-refractivity contribution >= 4 is 17.5 Å². The highest BCUT2D eigenvalue weighted by atomic mass is 35.5. The van der Waals surface area contributed by atoms with Gasteiger partial charge in [0.05, 0.1) is 13.0 Å². The average Bonchev–Trinajstić information content (AvgIpc) is 2.16. The first-order chi connectivity index (χ1) is 6.56. The van der Waals surface area contributed by atoms with Crippen molar-refractivity contribution in [3.63, 3.8) is 0 Å². The lowest BCUT2D eigenvalue weighted by molar-refractivity contribution is -0.119. The molecule has 0 fully saturated rings. The van der Waals surface area contributed by atoms with Crippen LogP contribution in [0.1, 0.15) is 18.4 Å². The second-order valence-corrected chi connectivity index (χ2v) is 3.42. The van der Waals surface area contributed by atoms with Gasteiger partial charge in [-0.25, -0.2) is 0 Å². The highest BCUT2D eigenvalue weighted by Crippen LogP contribution is 2.27. The summed E-state index contributed by atoms with van der Waals surface area (Å²) < 4.78 is 4.99. The van der Waals surface area contributed by atoms with Crippen LogP contribution in [-0.2, 0) is 4.79 Å². The van der Waals surface area contributed by atoms with Crippen molar-refractivity contribution in [1.82, 2.24) is 0 Å². The second kappa shape index (κ2) is 4.33.